The van der Waals surface area contributed by atoms with Crippen molar-refractivity contribution >= 4 is 5.97 Å². The van der Waals surface area contributed by atoms with Crippen molar-refractivity contribution in [3.05, 3.63) is 41.5 Å². The number of rotatable bonds is 5. The van der Waals surface area contributed by atoms with Gasteiger partial charge in [-0.15, -0.1) is 0 Å². The summed E-state index contributed by atoms with van der Waals surface area (Å²) in [7, 11) is 0. The molecule has 0 radical (unpaired) electrons. The van der Waals surface area contributed by atoms with Crippen LogP contribution in [0.15, 0.2) is 24.3 Å². The largest absolute Gasteiger partial charge is 0.481 e. The standard InChI is InChI=1S/C14H17N3O2/c1-10-15-11(2)17(16-10)13-8-6-12(7-9-13)4-3-5-14(18)19/h6-9H,3-5H2,1-2H3,(H,18,19). The molecule has 5 nitrogen and oxygen atoms in total. The zero-order valence-corrected chi connectivity index (χ0v) is 11.1. The minimum atomic E-state index is -0.745. The van der Waals surface area contributed by atoms with Crippen LogP contribution in [0.2, 0.25) is 0 Å². The first-order valence-corrected chi connectivity index (χ1v) is 6.27. The lowest BCUT2D eigenvalue weighted by molar-refractivity contribution is -0.137. The van der Waals surface area contributed by atoms with Gasteiger partial charge in [0.25, 0.3) is 0 Å². The van der Waals surface area contributed by atoms with Crippen LogP contribution in [0.3, 0.4) is 0 Å². The third kappa shape index (κ3) is 3.40. The second-order valence-electron chi connectivity index (χ2n) is 4.53. The van der Waals surface area contributed by atoms with Crippen molar-refractivity contribution in [1.82, 2.24) is 14.8 Å². The van der Waals surface area contributed by atoms with Crippen molar-refractivity contribution in [3.8, 4) is 5.69 Å². The fraction of sp³-hybridized carbons (Fsp3) is 0.357. The Hall–Kier alpha value is -2.17. The molecule has 1 heterocycles. The summed E-state index contributed by atoms with van der Waals surface area (Å²) in [5, 5.41) is 12.9. The quantitative estimate of drug-likeness (QED) is 0.894. The normalized spacial score (nSPS) is 10.6. The molecule has 1 N–H and O–H groups in total. The number of aryl methyl sites for hydroxylation is 3. The van der Waals surface area contributed by atoms with E-state index in [1.165, 1.54) is 0 Å². The van der Waals surface area contributed by atoms with E-state index in [1.807, 2.05) is 38.1 Å². The van der Waals surface area contributed by atoms with Gasteiger partial charge in [-0.1, -0.05) is 12.1 Å². The maximum Gasteiger partial charge on any atom is 0.303 e. The smallest absolute Gasteiger partial charge is 0.303 e. The highest BCUT2D eigenvalue weighted by Gasteiger charge is 2.05. The summed E-state index contributed by atoms with van der Waals surface area (Å²) in [4.78, 5) is 14.7. The molecule has 0 saturated heterocycles. The first kappa shape index (κ1) is 13.3. The van der Waals surface area contributed by atoms with E-state index in [0.717, 1.165) is 29.3 Å². The van der Waals surface area contributed by atoms with Crippen LogP contribution >= 0.6 is 0 Å². The monoisotopic (exact) mass is 259 g/mol. The number of aromatic nitrogens is 3. The van der Waals surface area contributed by atoms with Gasteiger partial charge < -0.3 is 5.11 Å². The Morgan fingerprint density at radius 1 is 1.26 bits per heavy atom. The molecule has 2 rings (SSSR count). The van der Waals surface area contributed by atoms with Crippen LogP contribution in [-0.2, 0) is 11.2 Å². The SMILES string of the molecule is Cc1nc(C)n(-c2ccc(CCCC(=O)O)cc2)n1. The van der Waals surface area contributed by atoms with Crippen LogP contribution in [0.5, 0.6) is 0 Å². The zero-order valence-electron chi connectivity index (χ0n) is 11.1. The topological polar surface area (TPSA) is 68.0 Å². The molecule has 0 fully saturated rings. The minimum Gasteiger partial charge on any atom is -0.481 e. The van der Waals surface area contributed by atoms with Crippen LogP contribution in [0.1, 0.15) is 30.1 Å². The number of carboxylic acids is 1. The number of hydrogen-bond acceptors (Lipinski definition) is 3. The molecule has 0 aliphatic carbocycles. The molecule has 2 aromatic rings. The summed E-state index contributed by atoms with van der Waals surface area (Å²) in [5.74, 6) is 0.865. The maximum atomic E-state index is 10.4. The third-order valence-corrected chi connectivity index (χ3v) is 2.91. The van der Waals surface area contributed by atoms with Crippen molar-refractivity contribution in [2.24, 2.45) is 0 Å². The van der Waals surface area contributed by atoms with Gasteiger partial charge in [-0.25, -0.2) is 9.67 Å². The molecule has 19 heavy (non-hydrogen) atoms. The van der Waals surface area contributed by atoms with Gasteiger partial charge in [0, 0.05) is 6.42 Å². The summed E-state index contributed by atoms with van der Waals surface area (Å²) in [5.41, 5.74) is 2.11. The van der Waals surface area contributed by atoms with Gasteiger partial charge in [0.05, 0.1) is 5.69 Å². The Morgan fingerprint density at radius 2 is 1.95 bits per heavy atom. The molecule has 0 bridgehead atoms. The van der Waals surface area contributed by atoms with Crippen LogP contribution < -0.4 is 0 Å². The van der Waals surface area contributed by atoms with Gasteiger partial charge in [0.15, 0.2) is 0 Å². The first-order chi connectivity index (χ1) is 9.06. The van der Waals surface area contributed by atoms with Gasteiger partial charge in [-0.3, -0.25) is 4.79 Å². The van der Waals surface area contributed by atoms with Gasteiger partial charge >= 0.3 is 5.97 Å². The van der Waals surface area contributed by atoms with E-state index in [9.17, 15) is 4.79 Å². The molecule has 0 unspecified atom stereocenters. The fourth-order valence-corrected chi connectivity index (χ4v) is 2.01. The second kappa shape index (κ2) is 5.65. The number of carboxylic acid groups (broad SMARTS) is 1. The Balaban J connectivity index is 2.06. The van der Waals surface area contributed by atoms with Gasteiger partial charge in [-0.05, 0) is 44.4 Å². The van der Waals surface area contributed by atoms with Crippen LogP contribution in [0.4, 0.5) is 0 Å². The molecule has 0 atom stereocenters. The van der Waals surface area contributed by atoms with E-state index in [-0.39, 0.29) is 6.42 Å². The molecule has 0 amide bonds. The van der Waals surface area contributed by atoms with E-state index in [2.05, 4.69) is 10.1 Å². The lowest BCUT2D eigenvalue weighted by Gasteiger charge is -2.05. The predicted octanol–water partition coefficient (Wildman–Crippen LogP) is 2.29. The van der Waals surface area contributed by atoms with Crippen molar-refractivity contribution in [3.63, 3.8) is 0 Å². The summed E-state index contributed by atoms with van der Waals surface area (Å²) in [6.45, 7) is 3.78. The van der Waals surface area contributed by atoms with Crippen LogP contribution in [0.25, 0.3) is 5.69 Å². The number of nitrogens with zero attached hydrogens (tertiary/aromatic N) is 3. The van der Waals surface area contributed by atoms with Crippen LogP contribution in [-0.4, -0.2) is 25.8 Å². The lowest BCUT2D eigenvalue weighted by atomic mass is 10.1. The Labute approximate surface area is 111 Å². The highest BCUT2D eigenvalue weighted by Crippen LogP contribution is 2.12. The van der Waals surface area contributed by atoms with Crippen molar-refractivity contribution in [2.45, 2.75) is 33.1 Å². The molecule has 5 heteroatoms. The number of benzene rings is 1. The highest BCUT2D eigenvalue weighted by molar-refractivity contribution is 5.66. The van der Waals surface area contributed by atoms with E-state index in [0.29, 0.717) is 6.42 Å². The average Bonchev–Trinajstić information content (AvgIpc) is 2.69. The van der Waals surface area contributed by atoms with Crippen molar-refractivity contribution in [1.29, 1.82) is 0 Å². The summed E-state index contributed by atoms with van der Waals surface area (Å²) in [6.07, 6.45) is 1.65. The third-order valence-electron chi connectivity index (χ3n) is 2.91. The van der Waals surface area contributed by atoms with Crippen LogP contribution in [0, 0.1) is 13.8 Å². The van der Waals surface area contributed by atoms with Gasteiger partial charge in [0.2, 0.25) is 0 Å². The van der Waals surface area contributed by atoms with E-state index < -0.39 is 5.97 Å². The zero-order chi connectivity index (χ0) is 13.8. The lowest BCUT2D eigenvalue weighted by Crippen LogP contribution is -2.00. The molecule has 100 valence electrons. The second-order valence-corrected chi connectivity index (χ2v) is 4.53. The summed E-state index contributed by atoms with van der Waals surface area (Å²) in [6, 6.07) is 7.98. The highest BCUT2D eigenvalue weighted by atomic mass is 16.4. The van der Waals surface area contributed by atoms with E-state index in [1.54, 1.807) is 4.68 Å². The number of carbonyl (C=O) groups is 1. The molecule has 1 aromatic carbocycles. The molecule has 0 aliphatic rings. The van der Waals surface area contributed by atoms with Gasteiger partial charge in [0.1, 0.15) is 11.6 Å². The Bertz CT molecular complexity index is 573. The first-order valence-electron chi connectivity index (χ1n) is 6.27. The number of hydrogen-bond donors (Lipinski definition) is 1. The average molecular weight is 259 g/mol. The molecule has 1 aromatic heterocycles. The maximum absolute atomic E-state index is 10.4. The predicted molar refractivity (Wildman–Crippen MR) is 71.4 cm³/mol. The molecule has 0 spiro atoms. The molecular weight excluding hydrogens is 242 g/mol. The number of aliphatic carboxylic acids is 1. The molecular formula is C14H17N3O2. The minimum absolute atomic E-state index is 0.211. The van der Waals surface area contributed by atoms with Crippen molar-refractivity contribution < 1.29 is 9.90 Å². The van der Waals surface area contributed by atoms with E-state index >= 15 is 0 Å². The Kier molecular flexibility index (Phi) is 3.94. The Morgan fingerprint density at radius 3 is 2.47 bits per heavy atom. The van der Waals surface area contributed by atoms with E-state index in [4.69, 9.17) is 5.11 Å². The van der Waals surface area contributed by atoms with Crippen molar-refractivity contribution in [2.75, 3.05) is 0 Å². The molecule has 0 saturated carbocycles. The summed E-state index contributed by atoms with van der Waals surface area (Å²) >= 11 is 0. The van der Waals surface area contributed by atoms with Gasteiger partial charge in [-0.2, -0.15) is 5.10 Å². The fourth-order valence-electron chi connectivity index (χ4n) is 2.01. The summed E-state index contributed by atoms with van der Waals surface area (Å²) < 4.78 is 1.80. The molecule has 0 aliphatic heterocycles.